The highest BCUT2D eigenvalue weighted by Crippen LogP contribution is 2.36. The van der Waals surface area contributed by atoms with Crippen molar-refractivity contribution in [2.45, 2.75) is 6.92 Å². The fraction of sp³-hybridized carbons (Fsp3) is 0.0526. The number of aryl methyl sites for hydroxylation is 1. The van der Waals surface area contributed by atoms with Crippen molar-refractivity contribution in [2.24, 2.45) is 0 Å². The summed E-state index contributed by atoms with van der Waals surface area (Å²) in [6.07, 6.45) is 0. The van der Waals surface area contributed by atoms with Crippen molar-refractivity contribution in [2.75, 3.05) is 11.1 Å². The number of pyridine rings is 1. The maximum absolute atomic E-state index is 12.7. The van der Waals surface area contributed by atoms with Gasteiger partial charge in [-0.2, -0.15) is 0 Å². The molecule has 0 fully saturated rings. The molecule has 0 saturated heterocycles. The van der Waals surface area contributed by atoms with E-state index in [1.54, 1.807) is 18.2 Å². The van der Waals surface area contributed by atoms with E-state index in [1.807, 2.05) is 31.2 Å². The molecule has 0 aliphatic rings. The Morgan fingerprint density at radius 2 is 2.00 bits per heavy atom. The second kappa shape index (κ2) is 6.43. The monoisotopic (exact) mass is 401 g/mol. The third kappa shape index (κ3) is 2.88. The number of benzene rings is 2. The number of carbonyl (C=O) groups excluding carboxylic acids is 1. The lowest BCUT2D eigenvalue weighted by molar-refractivity contribution is 0.103. The molecule has 2 aromatic heterocycles. The van der Waals surface area contributed by atoms with E-state index in [1.165, 1.54) is 11.3 Å². The molecule has 1 amide bonds. The molecule has 130 valence electrons. The molecule has 0 unspecified atom stereocenters. The van der Waals surface area contributed by atoms with Gasteiger partial charge in [-0.15, -0.1) is 11.3 Å². The van der Waals surface area contributed by atoms with Crippen LogP contribution in [0.2, 0.25) is 10.0 Å². The van der Waals surface area contributed by atoms with Crippen LogP contribution in [0.25, 0.3) is 21.1 Å². The molecule has 0 saturated carbocycles. The number of anilines is 2. The average molecular weight is 402 g/mol. The quantitative estimate of drug-likeness (QED) is 0.439. The lowest BCUT2D eigenvalue weighted by atomic mass is 10.1. The highest BCUT2D eigenvalue weighted by atomic mass is 35.5. The van der Waals surface area contributed by atoms with Crippen molar-refractivity contribution < 1.29 is 4.79 Å². The second-order valence-electron chi connectivity index (χ2n) is 5.94. The minimum atomic E-state index is -0.338. The summed E-state index contributed by atoms with van der Waals surface area (Å²) in [6, 6.07) is 13.0. The highest BCUT2D eigenvalue weighted by Gasteiger charge is 2.19. The van der Waals surface area contributed by atoms with Crippen LogP contribution in [-0.2, 0) is 0 Å². The Hall–Kier alpha value is -2.34. The molecule has 4 rings (SSSR count). The molecule has 4 aromatic rings. The number of carbonyl (C=O) groups is 1. The Labute approximate surface area is 163 Å². The summed E-state index contributed by atoms with van der Waals surface area (Å²) in [5.41, 5.74) is 9.10. The zero-order valence-corrected chi connectivity index (χ0v) is 16.0. The number of aromatic nitrogens is 1. The van der Waals surface area contributed by atoms with Gasteiger partial charge in [0.2, 0.25) is 0 Å². The molecule has 4 nitrogen and oxygen atoms in total. The summed E-state index contributed by atoms with van der Waals surface area (Å²) in [5.74, 6) is -0.338. The first kappa shape index (κ1) is 17.1. The number of nitrogens with zero attached hydrogens (tertiary/aromatic N) is 1. The molecule has 0 spiro atoms. The predicted molar refractivity (Wildman–Crippen MR) is 111 cm³/mol. The number of nitrogens with one attached hydrogen (secondary N) is 1. The Balaban J connectivity index is 1.78. The van der Waals surface area contributed by atoms with Crippen LogP contribution in [0, 0.1) is 6.92 Å². The van der Waals surface area contributed by atoms with Crippen molar-refractivity contribution in [3.8, 4) is 0 Å². The smallest absolute Gasteiger partial charge is 0.267 e. The van der Waals surface area contributed by atoms with Gasteiger partial charge in [-0.25, -0.2) is 4.98 Å². The molecule has 2 aromatic carbocycles. The number of hydrogen-bond donors (Lipinski definition) is 2. The van der Waals surface area contributed by atoms with E-state index in [9.17, 15) is 4.79 Å². The van der Waals surface area contributed by atoms with Crippen molar-refractivity contribution in [1.29, 1.82) is 0 Å². The Kier molecular flexibility index (Phi) is 4.23. The van der Waals surface area contributed by atoms with Gasteiger partial charge in [0.05, 0.1) is 26.9 Å². The maximum Gasteiger partial charge on any atom is 0.267 e. The summed E-state index contributed by atoms with van der Waals surface area (Å²) in [6.45, 7) is 2.02. The summed E-state index contributed by atoms with van der Waals surface area (Å²) in [5, 5.41) is 5.20. The molecule has 2 heterocycles. The summed E-state index contributed by atoms with van der Waals surface area (Å²) >= 11 is 13.4. The summed E-state index contributed by atoms with van der Waals surface area (Å²) < 4.78 is 0. The largest absolute Gasteiger partial charge is 0.397 e. The first-order valence-corrected chi connectivity index (χ1v) is 9.36. The molecule has 0 radical (unpaired) electrons. The van der Waals surface area contributed by atoms with Crippen LogP contribution in [0.1, 0.15) is 15.2 Å². The van der Waals surface area contributed by atoms with E-state index < -0.39 is 0 Å². The van der Waals surface area contributed by atoms with Crippen LogP contribution in [0.15, 0.2) is 42.5 Å². The number of halogens is 2. The third-order valence-corrected chi connectivity index (χ3v) is 6.01. The van der Waals surface area contributed by atoms with Crippen LogP contribution < -0.4 is 11.1 Å². The van der Waals surface area contributed by atoms with Gasteiger partial charge in [0.25, 0.3) is 5.91 Å². The predicted octanol–water partition coefficient (Wildman–Crippen LogP) is 5.90. The molecule has 26 heavy (non-hydrogen) atoms. The van der Waals surface area contributed by atoms with Gasteiger partial charge in [0.1, 0.15) is 9.71 Å². The number of hydrogen-bond acceptors (Lipinski definition) is 4. The minimum Gasteiger partial charge on any atom is -0.397 e. The molecule has 0 aliphatic heterocycles. The van der Waals surface area contributed by atoms with Crippen LogP contribution in [-0.4, -0.2) is 10.9 Å². The Morgan fingerprint density at radius 1 is 1.19 bits per heavy atom. The molecular formula is C19H13Cl2N3OS. The molecule has 3 N–H and O–H groups in total. The van der Waals surface area contributed by atoms with Gasteiger partial charge in [0.15, 0.2) is 0 Å². The van der Waals surface area contributed by atoms with E-state index in [2.05, 4.69) is 10.3 Å². The number of fused-ring (bicyclic) bond motifs is 2. The molecule has 0 atom stereocenters. The van der Waals surface area contributed by atoms with E-state index in [0.717, 1.165) is 26.7 Å². The normalized spacial score (nSPS) is 11.2. The Morgan fingerprint density at radius 3 is 2.81 bits per heavy atom. The topological polar surface area (TPSA) is 68.0 Å². The van der Waals surface area contributed by atoms with Gasteiger partial charge in [0, 0.05) is 10.8 Å². The van der Waals surface area contributed by atoms with Crippen molar-refractivity contribution in [3.63, 3.8) is 0 Å². The van der Waals surface area contributed by atoms with Crippen LogP contribution in [0.5, 0.6) is 0 Å². The molecular weight excluding hydrogens is 389 g/mol. The first-order chi connectivity index (χ1) is 12.4. The van der Waals surface area contributed by atoms with Gasteiger partial charge in [-0.3, -0.25) is 4.79 Å². The molecule has 7 heteroatoms. The zero-order chi connectivity index (χ0) is 18.4. The van der Waals surface area contributed by atoms with Gasteiger partial charge in [-0.05, 0) is 37.3 Å². The third-order valence-electron chi connectivity index (χ3n) is 4.07. The number of amides is 1. The second-order valence-corrected chi connectivity index (χ2v) is 7.72. The number of rotatable bonds is 2. The molecule has 0 aliphatic carbocycles. The van der Waals surface area contributed by atoms with Crippen molar-refractivity contribution in [3.05, 3.63) is 63.0 Å². The van der Waals surface area contributed by atoms with Gasteiger partial charge < -0.3 is 11.1 Å². The zero-order valence-electron chi connectivity index (χ0n) is 13.6. The van der Waals surface area contributed by atoms with Crippen LogP contribution in [0.3, 0.4) is 0 Å². The SMILES string of the molecule is Cc1ccc2nc3sc(C(=O)Nc4cccc(Cl)c4Cl)c(N)c3cc2c1. The first-order valence-electron chi connectivity index (χ1n) is 7.79. The maximum atomic E-state index is 12.7. The van der Waals surface area contributed by atoms with E-state index in [-0.39, 0.29) is 5.91 Å². The number of thiophene rings is 1. The Bertz CT molecular complexity index is 1190. The fourth-order valence-electron chi connectivity index (χ4n) is 2.77. The lowest BCUT2D eigenvalue weighted by Gasteiger charge is -2.07. The minimum absolute atomic E-state index is 0.293. The van der Waals surface area contributed by atoms with Gasteiger partial charge >= 0.3 is 0 Å². The summed E-state index contributed by atoms with van der Waals surface area (Å²) in [4.78, 5) is 18.5. The fourth-order valence-corrected chi connectivity index (χ4v) is 4.10. The highest BCUT2D eigenvalue weighted by molar-refractivity contribution is 7.21. The van der Waals surface area contributed by atoms with Crippen molar-refractivity contribution in [1.82, 2.24) is 4.98 Å². The number of nitrogens with two attached hydrogens (primary N) is 1. The van der Waals surface area contributed by atoms with Crippen molar-refractivity contribution >= 4 is 72.9 Å². The van der Waals surface area contributed by atoms with Crippen LogP contribution in [0.4, 0.5) is 11.4 Å². The molecule has 0 bridgehead atoms. The van der Waals surface area contributed by atoms with E-state index >= 15 is 0 Å². The van der Waals surface area contributed by atoms with E-state index in [0.29, 0.717) is 26.3 Å². The van der Waals surface area contributed by atoms with E-state index in [4.69, 9.17) is 28.9 Å². The standard InChI is InChI=1S/C19H13Cl2N3OS/c1-9-5-6-13-10(7-9)8-11-16(22)17(26-19(11)24-13)18(25)23-14-4-2-3-12(20)15(14)21/h2-8H,22H2,1H3,(H,23,25). The average Bonchev–Trinajstić information content (AvgIpc) is 2.93. The van der Waals surface area contributed by atoms with Crippen LogP contribution >= 0.6 is 34.5 Å². The summed E-state index contributed by atoms with van der Waals surface area (Å²) in [7, 11) is 0. The number of nitrogen functional groups attached to an aromatic ring is 1. The van der Waals surface area contributed by atoms with Gasteiger partial charge in [-0.1, -0.05) is 40.9 Å². The lowest BCUT2D eigenvalue weighted by Crippen LogP contribution is -2.12.